The molecule has 1 aliphatic rings. The first-order valence-electron chi connectivity index (χ1n) is 7.84. The molecule has 138 valence electrons. The number of piperidine rings is 1. The zero-order chi connectivity index (χ0) is 17.0. The molecule has 2 rings (SSSR count). The lowest BCUT2D eigenvalue weighted by Crippen LogP contribution is -2.33. The topological polar surface area (TPSA) is 91.6 Å². The van der Waals surface area contributed by atoms with Gasteiger partial charge >= 0.3 is 0 Å². The van der Waals surface area contributed by atoms with Crippen molar-refractivity contribution in [2.45, 2.75) is 31.1 Å². The van der Waals surface area contributed by atoms with Crippen molar-refractivity contribution in [3.8, 4) is 0 Å². The Morgan fingerprint density at radius 2 is 2.17 bits per heavy atom. The van der Waals surface area contributed by atoms with Gasteiger partial charge in [-0.1, -0.05) is 0 Å². The minimum absolute atomic E-state index is 0. The van der Waals surface area contributed by atoms with Crippen LogP contribution in [0, 0.1) is 12.8 Å². The third kappa shape index (κ3) is 4.95. The molecule has 1 aromatic heterocycles. The number of amides is 1. The number of furan rings is 1. The van der Waals surface area contributed by atoms with Crippen LogP contribution in [0.2, 0.25) is 0 Å². The molecule has 0 aromatic carbocycles. The predicted octanol–water partition coefficient (Wildman–Crippen LogP) is 1.38. The van der Waals surface area contributed by atoms with Gasteiger partial charge in [-0.2, -0.15) is 0 Å². The van der Waals surface area contributed by atoms with E-state index in [1.165, 1.54) is 33.0 Å². The maximum absolute atomic E-state index is 12.1. The van der Waals surface area contributed by atoms with Gasteiger partial charge in [-0.05, 0) is 45.2 Å². The zero-order valence-corrected chi connectivity index (χ0v) is 15.9. The number of halogens is 1. The Hall–Kier alpha value is -1.09. The van der Waals surface area contributed by atoms with Crippen LogP contribution in [0.1, 0.15) is 35.6 Å². The number of aryl methyl sites for hydroxylation is 1. The molecule has 0 saturated carbocycles. The molecule has 1 saturated heterocycles. The normalized spacial score (nSPS) is 18.2. The summed E-state index contributed by atoms with van der Waals surface area (Å²) in [7, 11) is -0.718. The second kappa shape index (κ2) is 8.84. The number of hydrogen-bond donors (Lipinski definition) is 2. The Balaban J connectivity index is 0.00000288. The fourth-order valence-corrected chi connectivity index (χ4v) is 3.73. The van der Waals surface area contributed by atoms with E-state index in [1.807, 2.05) is 0 Å². The fourth-order valence-electron chi connectivity index (χ4n) is 2.68. The van der Waals surface area contributed by atoms with Gasteiger partial charge < -0.3 is 15.1 Å². The third-order valence-electron chi connectivity index (χ3n) is 4.09. The Morgan fingerprint density at radius 1 is 1.46 bits per heavy atom. The summed E-state index contributed by atoms with van der Waals surface area (Å²) in [5.74, 6) is 0.453. The van der Waals surface area contributed by atoms with Gasteiger partial charge in [0.1, 0.15) is 10.7 Å². The molecule has 9 heteroatoms. The van der Waals surface area contributed by atoms with Crippen LogP contribution in [0.5, 0.6) is 0 Å². The molecule has 1 unspecified atom stereocenters. The molecule has 1 atom stereocenters. The van der Waals surface area contributed by atoms with E-state index < -0.39 is 10.0 Å². The van der Waals surface area contributed by atoms with Gasteiger partial charge in [0.15, 0.2) is 5.76 Å². The number of rotatable bonds is 6. The number of sulfonamides is 1. The molecule has 0 aliphatic carbocycles. The van der Waals surface area contributed by atoms with E-state index in [0.717, 1.165) is 23.8 Å². The third-order valence-corrected chi connectivity index (χ3v) is 6.01. The van der Waals surface area contributed by atoms with Gasteiger partial charge in [0, 0.05) is 26.7 Å². The maximum Gasteiger partial charge on any atom is 0.287 e. The summed E-state index contributed by atoms with van der Waals surface area (Å²) in [5.41, 5.74) is 0. The summed E-state index contributed by atoms with van der Waals surface area (Å²) in [6.45, 7) is 4.15. The lowest BCUT2D eigenvalue weighted by atomic mass is 9.96. The van der Waals surface area contributed by atoms with Gasteiger partial charge in [-0.15, -0.1) is 12.4 Å². The van der Waals surface area contributed by atoms with E-state index in [-0.39, 0.29) is 34.7 Å². The Morgan fingerprint density at radius 3 is 2.75 bits per heavy atom. The average molecular weight is 380 g/mol. The molecule has 24 heavy (non-hydrogen) atoms. The molecule has 0 radical (unpaired) electrons. The van der Waals surface area contributed by atoms with Crippen LogP contribution in [0.25, 0.3) is 0 Å². The molecular weight excluding hydrogens is 354 g/mol. The standard InChI is InChI=1S/C15H25N3O4S.ClH/c1-11-14(23(20,21)18(2)3)9-13(22-11)15(19)17-8-6-12-5-4-7-16-10-12;/h9,12,16H,4-8,10H2,1-3H3,(H,17,19);1H. The van der Waals surface area contributed by atoms with Gasteiger partial charge in [0.2, 0.25) is 10.0 Å². The van der Waals surface area contributed by atoms with Crippen LogP contribution in [-0.4, -0.2) is 52.4 Å². The van der Waals surface area contributed by atoms with Crippen LogP contribution in [-0.2, 0) is 10.0 Å². The van der Waals surface area contributed by atoms with Gasteiger partial charge in [0.05, 0.1) is 0 Å². The van der Waals surface area contributed by atoms with Crippen LogP contribution in [0.4, 0.5) is 0 Å². The highest BCUT2D eigenvalue weighted by Gasteiger charge is 2.25. The fraction of sp³-hybridized carbons (Fsp3) is 0.667. The number of nitrogens with zero attached hydrogens (tertiary/aromatic N) is 1. The minimum atomic E-state index is -3.61. The summed E-state index contributed by atoms with van der Waals surface area (Å²) >= 11 is 0. The van der Waals surface area contributed by atoms with Crippen LogP contribution in [0.3, 0.4) is 0 Å². The second-order valence-electron chi connectivity index (χ2n) is 6.08. The summed E-state index contributed by atoms with van der Waals surface area (Å²) in [6, 6.07) is 1.29. The van der Waals surface area contributed by atoms with Crippen molar-refractivity contribution in [2.75, 3.05) is 33.7 Å². The van der Waals surface area contributed by atoms with Crippen molar-refractivity contribution in [3.63, 3.8) is 0 Å². The Labute approximate surface area is 149 Å². The lowest BCUT2D eigenvalue weighted by Gasteiger charge is -2.22. The van der Waals surface area contributed by atoms with Gasteiger partial charge in [-0.25, -0.2) is 12.7 Å². The molecule has 0 bridgehead atoms. The minimum Gasteiger partial charge on any atom is -0.455 e. The van der Waals surface area contributed by atoms with Crippen molar-refractivity contribution in [3.05, 3.63) is 17.6 Å². The first-order chi connectivity index (χ1) is 10.8. The van der Waals surface area contributed by atoms with E-state index in [9.17, 15) is 13.2 Å². The van der Waals surface area contributed by atoms with E-state index in [0.29, 0.717) is 12.5 Å². The predicted molar refractivity (Wildman–Crippen MR) is 94.1 cm³/mol. The average Bonchev–Trinajstić information content (AvgIpc) is 2.91. The molecule has 1 amide bonds. The quantitative estimate of drug-likeness (QED) is 0.779. The maximum atomic E-state index is 12.1. The van der Waals surface area contributed by atoms with Crippen molar-refractivity contribution in [1.82, 2.24) is 14.9 Å². The number of carbonyl (C=O) groups is 1. The van der Waals surface area contributed by atoms with Crippen molar-refractivity contribution in [1.29, 1.82) is 0 Å². The van der Waals surface area contributed by atoms with Crippen molar-refractivity contribution >= 4 is 28.3 Å². The van der Waals surface area contributed by atoms with E-state index in [1.54, 1.807) is 6.92 Å². The van der Waals surface area contributed by atoms with Gasteiger partial charge in [0.25, 0.3) is 5.91 Å². The Bertz CT molecular complexity index is 652. The number of carbonyl (C=O) groups excluding carboxylic acids is 1. The number of nitrogens with one attached hydrogen (secondary N) is 2. The highest BCUT2D eigenvalue weighted by atomic mass is 35.5. The molecule has 1 aliphatic heterocycles. The first kappa shape index (κ1) is 21.0. The molecule has 1 fully saturated rings. The summed E-state index contributed by atoms with van der Waals surface area (Å²) < 4.78 is 30.7. The van der Waals surface area contributed by atoms with Crippen LogP contribution < -0.4 is 10.6 Å². The van der Waals surface area contributed by atoms with Gasteiger partial charge in [-0.3, -0.25) is 4.79 Å². The molecule has 0 spiro atoms. The monoisotopic (exact) mass is 379 g/mol. The molecule has 2 heterocycles. The summed E-state index contributed by atoms with van der Waals surface area (Å²) in [6.07, 6.45) is 3.25. The molecule has 1 aromatic rings. The van der Waals surface area contributed by atoms with E-state index >= 15 is 0 Å². The smallest absolute Gasteiger partial charge is 0.287 e. The van der Waals surface area contributed by atoms with Crippen molar-refractivity contribution in [2.24, 2.45) is 5.92 Å². The lowest BCUT2D eigenvalue weighted by molar-refractivity contribution is 0.0921. The first-order valence-corrected chi connectivity index (χ1v) is 9.28. The van der Waals surface area contributed by atoms with Crippen LogP contribution in [0.15, 0.2) is 15.4 Å². The SMILES string of the molecule is Cc1oc(C(=O)NCCC2CCCNC2)cc1S(=O)(=O)N(C)C.Cl. The highest BCUT2D eigenvalue weighted by Crippen LogP contribution is 2.22. The van der Waals surface area contributed by atoms with E-state index in [4.69, 9.17) is 4.42 Å². The largest absolute Gasteiger partial charge is 0.455 e. The summed E-state index contributed by atoms with van der Waals surface area (Å²) in [5, 5.41) is 6.14. The molecule has 2 N–H and O–H groups in total. The van der Waals surface area contributed by atoms with E-state index in [2.05, 4.69) is 10.6 Å². The Kier molecular flexibility index (Phi) is 7.72. The van der Waals surface area contributed by atoms with Crippen molar-refractivity contribution < 1.29 is 17.6 Å². The zero-order valence-electron chi connectivity index (χ0n) is 14.3. The number of hydrogen-bond acceptors (Lipinski definition) is 5. The molecule has 7 nitrogen and oxygen atoms in total. The molecular formula is C15H26ClN3O4S. The summed E-state index contributed by atoms with van der Waals surface area (Å²) in [4.78, 5) is 12.2. The second-order valence-corrected chi connectivity index (χ2v) is 8.20. The highest BCUT2D eigenvalue weighted by molar-refractivity contribution is 7.89. The van der Waals surface area contributed by atoms with Crippen LogP contribution >= 0.6 is 12.4 Å².